The van der Waals surface area contributed by atoms with Crippen molar-refractivity contribution in [2.75, 3.05) is 79.3 Å². The number of benzene rings is 2. The molecule has 0 saturated heterocycles. The van der Waals surface area contributed by atoms with E-state index in [0.29, 0.717) is 22.5 Å². The number of aliphatic hydroxyl groups excluding tert-OH is 6. The fourth-order valence-electron chi connectivity index (χ4n) is 4.61. The Morgan fingerprint density at radius 2 is 0.631 bits per heavy atom. The van der Waals surface area contributed by atoms with Gasteiger partial charge in [-0.15, -0.1) is 0 Å². The minimum absolute atomic E-state index is 0. The normalized spacial score (nSPS) is 12.4. The van der Waals surface area contributed by atoms with Crippen LogP contribution in [0.3, 0.4) is 0 Å². The fourth-order valence-corrected chi connectivity index (χ4v) is 4.61. The Labute approximate surface area is 360 Å². The molecule has 4 atom stereocenters. The van der Waals surface area contributed by atoms with Gasteiger partial charge in [-0.2, -0.15) is 0 Å². The number of nitrogens with one attached hydrogen (secondary N) is 2. The molecule has 65 heavy (non-hydrogen) atoms. The molecule has 0 spiro atoms. The summed E-state index contributed by atoms with van der Waals surface area (Å²) in [5.41, 5.74) is 0.954. The monoisotopic (exact) mass is 1680 g/mol. The van der Waals surface area contributed by atoms with Gasteiger partial charge in [-0.05, 0) is 47.2 Å². The second-order valence-electron chi connectivity index (χ2n) is 13.0. The van der Waals surface area contributed by atoms with Crippen molar-refractivity contribution >= 4 is 21.8 Å². The summed E-state index contributed by atoms with van der Waals surface area (Å²) in [4.78, 5) is 28.0. The van der Waals surface area contributed by atoms with Crippen LogP contribution in [0.2, 0.25) is 0 Å². The quantitative estimate of drug-likeness (QED) is 0.0405. The zero-order valence-electron chi connectivity index (χ0n) is 36.7. The van der Waals surface area contributed by atoms with Crippen molar-refractivity contribution in [3.8, 4) is 11.5 Å². The molecule has 0 aliphatic carbocycles. The first-order chi connectivity index (χ1) is 29.8. The van der Waals surface area contributed by atoms with Gasteiger partial charge < -0.3 is 88.0 Å². The van der Waals surface area contributed by atoms with E-state index in [9.17, 15) is 30.0 Å². The molecule has 2 heterocycles. The predicted octanol–water partition coefficient (Wildman–Crippen LogP) is 0.834. The molecule has 23 heteroatoms. The summed E-state index contributed by atoms with van der Waals surface area (Å²) in [7, 11) is 18.6. The van der Waals surface area contributed by atoms with Gasteiger partial charge in [-0.1, -0.05) is 0 Å². The number of ether oxygens (including phenoxy) is 10. The molecule has 0 aliphatic heterocycles. The molecule has 0 aliphatic rings. The van der Waals surface area contributed by atoms with Crippen LogP contribution >= 0.6 is 0 Å². The number of hydrogen-bond donors (Lipinski definition) is 8. The van der Waals surface area contributed by atoms with Crippen LogP contribution in [0.25, 0.3) is 21.8 Å². The molecule has 4 aromatic rings. The second-order valence-corrected chi connectivity index (χ2v) is 13.0. The van der Waals surface area contributed by atoms with Crippen molar-refractivity contribution < 1.29 is 78.0 Å². The third-order valence-corrected chi connectivity index (χ3v) is 7.38. The largest absolute Gasteiger partial charge is 0.553 e. The van der Waals surface area contributed by atoms with E-state index in [1.54, 1.807) is 36.4 Å². The molecule has 0 saturated carbocycles. The third-order valence-electron chi connectivity index (χ3n) is 7.38. The average Bonchev–Trinajstić information content (AvgIpc) is 3.23. The van der Waals surface area contributed by atoms with E-state index in [1.165, 1.54) is 12.1 Å². The van der Waals surface area contributed by atoms with Crippen molar-refractivity contribution in [2.45, 2.75) is 36.6 Å². The first-order valence-corrected chi connectivity index (χ1v) is 18.8. The van der Waals surface area contributed by atoms with Crippen LogP contribution in [0.1, 0.15) is 0 Å². The molecular formula is C42H60N2O18Rf3-6. The molecule has 4 rings (SSSR count). The van der Waals surface area contributed by atoms with E-state index in [4.69, 9.17) is 29.2 Å². The molecular weight excluding hydrogens is 1620 g/mol. The van der Waals surface area contributed by atoms with Crippen LogP contribution in [0.5, 0.6) is 11.5 Å². The van der Waals surface area contributed by atoms with Crippen molar-refractivity contribution in [3.05, 3.63) is 124 Å². The molecule has 2 aromatic heterocycles. The number of H-pyrrole nitrogens is 2. The van der Waals surface area contributed by atoms with Gasteiger partial charge in [0.2, 0.25) is 11.1 Å². The Morgan fingerprint density at radius 3 is 0.908 bits per heavy atom. The number of hydrogen-bond acceptors (Lipinski definition) is 18. The Balaban J connectivity index is -0.000000861. The summed E-state index contributed by atoms with van der Waals surface area (Å²) in [6.45, 7) is 1.11. The van der Waals surface area contributed by atoms with Gasteiger partial charge in [-0.3, -0.25) is 9.59 Å². The van der Waals surface area contributed by atoms with Crippen molar-refractivity contribution in [1.29, 1.82) is 0 Å². The summed E-state index contributed by atoms with van der Waals surface area (Å²) in [6, 6.07) is 16.9. The van der Waals surface area contributed by atoms with Crippen LogP contribution in [0, 0.1) is 42.7 Å². The van der Waals surface area contributed by atoms with Gasteiger partial charge >= 0.3 is 0 Å². The predicted molar refractivity (Wildman–Crippen MR) is 226 cm³/mol. The minimum atomic E-state index is -0.839. The summed E-state index contributed by atoms with van der Waals surface area (Å²) >= 11 is 0. The minimum Gasteiger partial charge on any atom is -0.553 e. The summed E-state index contributed by atoms with van der Waals surface area (Å²) < 4.78 is 47.7. The van der Waals surface area contributed by atoms with Crippen LogP contribution in [0.15, 0.2) is 70.3 Å². The summed E-state index contributed by atoms with van der Waals surface area (Å²) in [5.74, 6) is 1.06. The second kappa shape index (κ2) is 37.5. The number of pyridine rings is 2. The third kappa shape index (κ3) is 29.0. The van der Waals surface area contributed by atoms with E-state index in [-0.39, 0.29) is 90.4 Å². The molecule has 0 fully saturated rings. The first kappa shape index (κ1) is 62.2. The Kier molecular flexibility index (Phi) is 35.8. The molecule has 2 aromatic carbocycles. The standard InChI is InChI=1S/2C16H20NO6.2C5H10O3.3Rf/c2*1-21-7-12(18)8-22-9-13(19)10-23-14-4-2-11-3-5-16(20)17-15(11)6-14;2*1-7-3-5(6)4-8-2;;;/h2*2-6,12-13,18-19H,1,7-10H2,(H,17,20);2*5-6H,1-4H2;;;/q2*-1;2*-2;;;. The van der Waals surface area contributed by atoms with Crippen LogP contribution in [-0.2, 0) is 37.9 Å². The number of rotatable bonds is 26. The van der Waals surface area contributed by atoms with E-state index in [0.717, 1.165) is 10.8 Å². The molecule has 358 valence electrons. The fraction of sp³-hybridized carbons (Fsp3) is 0.429. The van der Waals surface area contributed by atoms with Gasteiger partial charge in [0.05, 0.1) is 61.9 Å². The smallest absolute Gasteiger partial charge is 0.248 e. The number of aromatic nitrogens is 2. The average molecular weight is 1680 g/mol. The van der Waals surface area contributed by atoms with Gasteiger partial charge in [0.1, 0.15) is 36.9 Å². The zero-order chi connectivity index (χ0) is 46.1. The van der Waals surface area contributed by atoms with E-state index >= 15 is 0 Å². The van der Waals surface area contributed by atoms with Gasteiger partial charge in [0, 0.05) is 63.9 Å². The molecule has 8 N–H and O–H groups in total. The molecule has 20 nitrogen and oxygen atoms in total. The number of aromatic amines is 2. The first-order valence-electron chi connectivity index (χ1n) is 18.8. The molecule has 0 radical (unpaired) electrons. The van der Waals surface area contributed by atoms with Crippen molar-refractivity contribution in [3.63, 3.8) is 0 Å². The zero-order valence-corrected chi connectivity index (χ0v) is 55.9. The van der Waals surface area contributed by atoms with E-state index in [1.807, 2.05) is 12.1 Å². The topological polar surface area (TPSA) is 279 Å². The van der Waals surface area contributed by atoms with Gasteiger partial charge in [0.25, 0.3) is 0 Å². The summed E-state index contributed by atoms with van der Waals surface area (Å²) in [5, 5.41) is 57.5. The molecule has 4 unspecified atom stereocenters. The van der Waals surface area contributed by atoms with Crippen LogP contribution in [-0.4, -0.2) is 157 Å². The molecule has 0 bridgehead atoms. The number of fused-ring (bicyclic) bond motifs is 2. The van der Waals surface area contributed by atoms with Crippen LogP contribution < -0.4 is 20.6 Å². The Morgan fingerprint density at radius 1 is 0.385 bits per heavy atom. The number of aliphatic hydroxyl groups is 6. The maximum Gasteiger partial charge on any atom is 0.248 e. The van der Waals surface area contributed by atoms with Gasteiger partial charge in [-0.25, -0.2) is 42.7 Å². The van der Waals surface area contributed by atoms with E-state index in [2.05, 4.69) is 81.0 Å². The van der Waals surface area contributed by atoms with Crippen LogP contribution in [0.4, 0.5) is 0 Å². The summed E-state index contributed by atoms with van der Waals surface area (Å²) in [6.07, 6.45) is -4.45. The van der Waals surface area contributed by atoms with Crippen molar-refractivity contribution in [1.82, 2.24) is 9.97 Å². The molecule has 0 amide bonds. The van der Waals surface area contributed by atoms with Crippen molar-refractivity contribution in [2.24, 2.45) is 0 Å². The Bertz CT molecular complexity index is 1700. The maximum absolute atomic E-state index is 11.3. The maximum atomic E-state index is 11.3. The van der Waals surface area contributed by atoms with Gasteiger partial charge in [0.15, 0.2) is 0 Å². The Hall–Kier alpha value is -7.10. The van der Waals surface area contributed by atoms with E-state index < -0.39 is 36.6 Å². The SMILES string of the molecule is [CH2-]OCC(O)COCC(O)COc1ccc2ccc(=O)[nH]c2c1.[CH2-]OCC(O)COCC(O)COc1ccc2ccc(=O)[nH]c2c1.[CH2-]OCC(O)CO[CH2-].[CH2-]OCC(O)CO[CH2-].[Rf].[Rf].[Rf].